The number of rotatable bonds is 4. The maximum absolute atomic E-state index is 10.5. The Kier molecular flexibility index (Phi) is 3.53. The standard InChI is InChI=1S/C11H9BrN2O3/c12-8-3-1-2-7(6-8)4-5-9-13-14-10(17-9)11(15)16/h1-3,6H,4-5H2,(H,15,16). The van der Waals surface area contributed by atoms with Gasteiger partial charge in [-0.25, -0.2) is 4.79 Å². The van der Waals surface area contributed by atoms with E-state index in [0.717, 1.165) is 16.5 Å². The zero-order chi connectivity index (χ0) is 12.3. The molecule has 1 aromatic heterocycles. The number of hydrogen-bond acceptors (Lipinski definition) is 4. The summed E-state index contributed by atoms with van der Waals surface area (Å²) in [6.45, 7) is 0. The van der Waals surface area contributed by atoms with Gasteiger partial charge in [0, 0.05) is 10.9 Å². The van der Waals surface area contributed by atoms with Crippen molar-refractivity contribution < 1.29 is 14.3 Å². The molecule has 2 rings (SSSR count). The fourth-order valence-corrected chi connectivity index (χ4v) is 1.83. The van der Waals surface area contributed by atoms with Crippen LogP contribution in [0.2, 0.25) is 0 Å². The van der Waals surface area contributed by atoms with Gasteiger partial charge in [-0.2, -0.15) is 0 Å². The minimum Gasteiger partial charge on any atom is -0.474 e. The van der Waals surface area contributed by atoms with Crippen molar-refractivity contribution in [2.24, 2.45) is 0 Å². The van der Waals surface area contributed by atoms with Crippen LogP contribution >= 0.6 is 15.9 Å². The number of carboxylic acid groups (broad SMARTS) is 1. The molecule has 0 aliphatic rings. The highest BCUT2D eigenvalue weighted by molar-refractivity contribution is 9.10. The number of aryl methyl sites for hydroxylation is 2. The molecule has 0 unspecified atom stereocenters. The average Bonchev–Trinajstić information content (AvgIpc) is 2.75. The predicted molar refractivity (Wildman–Crippen MR) is 62.8 cm³/mol. The third-order valence-electron chi connectivity index (χ3n) is 2.17. The Balaban J connectivity index is 2.00. The molecule has 0 fully saturated rings. The molecule has 0 bridgehead atoms. The monoisotopic (exact) mass is 296 g/mol. The first-order chi connectivity index (χ1) is 8.15. The highest BCUT2D eigenvalue weighted by Gasteiger charge is 2.12. The van der Waals surface area contributed by atoms with Crippen LogP contribution in [0.25, 0.3) is 0 Å². The summed E-state index contributed by atoms with van der Waals surface area (Å²) in [5, 5.41) is 15.7. The molecule has 17 heavy (non-hydrogen) atoms. The third kappa shape index (κ3) is 3.13. The van der Waals surface area contributed by atoms with Gasteiger partial charge < -0.3 is 9.52 Å². The summed E-state index contributed by atoms with van der Waals surface area (Å²) in [7, 11) is 0. The molecule has 0 atom stereocenters. The maximum Gasteiger partial charge on any atom is 0.393 e. The number of aromatic nitrogens is 2. The minimum atomic E-state index is -1.20. The average molecular weight is 297 g/mol. The second kappa shape index (κ2) is 5.09. The number of carbonyl (C=O) groups is 1. The van der Waals surface area contributed by atoms with Gasteiger partial charge in [-0.1, -0.05) is 28.1 Å². The fraction of sp³-hybridized carbons (Fsp3) is 0.182. The number of nitrogens with zero attached hydrogens (tertiary/aromatic N) is 2. The molecule has 1 N–H and O–H groups in total. The summed E-state index contributed by atoms with van der Waals surface area (Å²) in [5.41, 5.74) is 1.12. The Morgan fingerprint density at radius 2 is 2.18 bits per heavy atom. The van der Waals surface area contributed by atoms with E-state index in [1.165, 1.54) is 0 Å². The number of halogens is 1. The lowest BCUT2D eigenvalue weighted by molar-refractivity contribution is 0.0651. The zero-order valence-corrected chi connectivity index (χ0v) is 10.3. The van der Waals surface area contributed by atoms with Gasteiger partial charge >= 0.3 is 11.9 Å². The summed E-state index contributed by atoms with van der Waals surface area (Å²) in [6, 6.07) is 7.86. The van der Waals surface area contributed by atoms with Gasteiger partial charge in [-0.3, -0.25) is 0 Å². The van der Waals surface area contributed by atoms with E-state index in [1.807, 2.05) is 24.3 Å². The Labute approximate surface area is 106 Å². The Morgan fingerprint density at radius 1 is 1.35 bits per heavy atom. The minimum absolute atomic E-state index is 0.336. The van der Waals surface area contributed by atoms with Gasteiger partial charge in [0.05, 0.1) is 0 Å². The Bertz CT molecular complexity index is 539. The van der Waals surface area contributed by atoms with Gasteiger partial charge in [0.15, 0.2) is 0 Å². The summed E-state index contributed by atoms with van der Waals surface area (Å²) >= 11 is 3.38. The van der Waals surface area contributed by atoms with E-state index in [0.29, 0.717) is 12.3 Å². The number of carboxylic acids is 1. The van der Waals surface area contributed by atoms with Crippen molar-refractivity contribution >= 4 is 21.9 Å². The van der Waals surface area contributed by atoms with E-state index in [9.17, 15) is 4.79 Å². The first-order valence-corrected chi connectivity index (χ1v) is 5.74. The zero-order valence-electron chi connectivity index (χ0n) is 8.76. The summed E-state index contributed by atoms with van der Waals surface area (Å²) in [6.07, 6.45) is 1.25. The van der Waals surface area contributed by atoms with Gasteiger partial charge in [0.1, 0.15) is 0 Å². The molecule has 0 saturated carbocycles. The van der Waals surface area contributed by atoms with Crippen LogP contribution < -0.4 is 0 Å². The molecule has 0 radical (unpaired) electrons. The summed E-state index contributed by atoms with van der Waals surface area (Å²) in [4.78, 5) is 10.5. The van der Waals surface area contributed by atoms with E-state index in [2.05, 4.69) is 26.1 Å². The van der Waals surface area contributed by atoms with Crippen molar-refractivity contribution in [1.82, 2.24) is 10.2 Å². The molecule has 1 heterocycles. The van der Waals surface area contributed by atoms with Crippen LogP contribution in [0.1, 0.15) is 22.1 Å². The van der Waals surface area contributed by atoms with Crippen molar-refractivity contribution in [2.75, 3.05) is 0 Å². The fourth-order valence-electron chi connectivity index (χ4n) is 1.38. The first-order valence-electron chi connectivity index (χ1n) is 4.95. The van der Waals surface area contributed by atoms with Gasteiger partial charge in [0.25, 0.3) is 0 Å². The lowest BCUT2D eigenvalue weighted by atomic mass is 10.1. The molecule has 0 amide bonds. The highest BCUT2D eigenvalue weighted by Crippen LogP contribution is 2.13. The van der Waals surface area contributed by atoms with E-state index in [4.69, 9.17) is 9.52 Å². The van der Waals surface area contributed by atoms with Gasteiger partial charge in [0.2, 0.25) is 5.89 Å². The van der Waals surface area contributed by atoms with Crippen LogP contribution in [0.5, 0.6) is 0 Å². The predicted octanol–water partition coefficient (Wildman–Crippen LogP) is 2.32. The van der Waals surface area contributed by atoms with Gasteiger partial charge in [-0.15, -0.1) is 10.2 Å². The third-order valence-corrected chi connectivity index (χ3v) is 2.66. The van der Waals surface area contributed by atoms with Crippen LogP contribution in [0.3, 0.4) is 0 Å². The lowest BCUT2D eigenvalue weighted by Gasteiger charge is -1.98. The van der Waals surface area contributed by atoms with Crippen LogP contribution in [-0.2, 0) is 12.8 Å². The largest absolute Gasteiger partial charge is 0.474 e. The molecule has 0 saturated heterocycles. The van der Waals surface area contributed by atoms with Crippen molar-refractivity contribution in [3.8, 4) is 0 Å². The summed E-state index contributed by atoms with van der Waals surface area (Å²) in [5.74, 6) is -1.23. The normalized spacial score (nSPS) is 10.4. The molecule has 0 aliphatic heterocycles. The first kappa shape index (κ1) is 11.8. The number of hydrogen-bond donors (Lipinski definition) is 1. The van der Waals surface area contributed by atoms with Gasteiger partial charge in [-0.05, 0) is 24.1 Å². The quantitative estimate of drug-likeness (QED) is 0.937. The number of aromatic carboxylic acids is 1. The van der Waals surface area contributed by atoms with Crippen molar-refractivity contribution in [2.45, 2.75) is 12.8 Å². The SMILES string of the molecule is O=C(O)c1nnc(CCc2cccc(Br)c2)o1. The molecule has 0 aliphatic carbocycles. The van der Waals surface area contributed by atoms with E-state index in [1.54, 1.807) is 0 Å². The van der Waals surface area contributed by atoms with Crippen LogP contribution in [0.15, 0.2) is 33.2 Å². The second-order valence-electron chi connectivity index (χ2n) is 3.44. The Morgan fingerprint density at radius 3 is 2.82 bits per heavy atom. The maximum atomic E-state index is 10.5. The highest BCUT2D eigenvalue weighted by atomic mass is 79.9. The molecule has 6 heteroatoms. The molecule has 2 aromatic rings. The molecule has 88 valence electrons. The van der Waals surface area contributed by atoms with E-state index >= 15 is 0 Å². The van der Waals surface area contributed by atoms with E-state index in [-0.39, 0.29) is 5.89 Å². The van der Waals surface area contributed by atoms with Crippen molar-refractivity contribution in [3.63, 3.8) is 0 Å². The molecular formula is C11H9BrN2O3. The lowest BCUT2D eigenvalue weighted by Crippen LogP contribution is -1.95. The number of benzene rings is 1. The second-order valence-corrected chi connectivity index (χ2v) is 4.35. The smallest absolute Gasteiger partial charge is 0.393 e. The van der Waals surface area contributed by atoms with Crippen LogP contribution in [-0.4, -0.2) is 21.3 Å². The van der Waals surface area contributed by atoms with Crippen molar-refractivity contribution in [1.29, 1.82) is 0 Å². The van der Waals surface area contributed by atoms with E-state index < -0.39 is 5.97 Å². The summed E-state index contributed by atoms with van der Waals surface area (Å²) < 4.78 is 5.97. The van der Waals surface area contributed by atoms with Crippen LogP contribution in [0.4, 0.5) is 0 Å². The molecule has 5 nitrogen and oxygen atoms in total. The molecular weight excluding hydrogens is 288 g/mol. The Hall–Kier alpha value is -1.69. The van der Waals surface area contributed by atoms with Crippen LogP contribution in [0, 0.1) is 0 Å². The molecule has 0 spiro atoms. The van der Waals surface area contributed by atoms with Crippen molar-refractivity contribution in [3.05, 3.63) is 46.1 Å². The topological polar surface area (TPSA) is 76.2 Å². The molecule has 1 aromatic carbocycles.